The lowest BCUT2D eigenvalue weighted by Crippen LogP contribution is -2.35. The third kappa shape index (κ3) is 5.48. The highest BCUT2D eigenvalue weighted by molar-refractivity contribution is 5.98. The van der Waals surface area contributed by atoms with Gasteiger partial charge in [0.15, 0.2) is 0 Å². The van der Waals surface area contributed by atoms with Crippen LogP contribution in [0, 0.1) is 0 Å². The third-order valence-corrected chi connectivity index (χ3v) is 4.92. The van der Waals surface area contributed by atoms with Crippen LogP contribution in [-0.2, 0) is 19.1 Å². The SMILES string of the molecule is CN(C)C(=O)C(OC(=O)CNC(=O)c1ccc(N2CCCC2=O)cc1)c1ccccc1. The number of nitrogens with one attached hydrogen (secondary N) is 1. The number of anilines is 1. The Labute approximate surface area is 180 Å². The second-order valence-corrected chi connectivity index (χ2v) is 7.39. The van der Waals surface area contributed by atoms with E-state index < -0.39 is 18.0 Å². The molecule has 3 amide bonds. The van der Waals surface area contributed by atoms with Gasteiger partial charge >= 0.3 is 5.97 Å². The maximum Gasteiger partial charge on any atom is 0.326 e. The average molecular weight is 423 g/mol. The van der Waals surface area contributed by atoms with Crippen LogP contribution in [0.2, 0.25) is 0 Å². The first-order valence-electron chi connectivity index (χ1n) is 10.0. The predicted molar refractivity (Wildman–Crippen MR) is 114 cm³/mol. The van der Waals surface area contributed by atoms with E-state index in [1.165, 1.54) is 4.90 Å². The van der Waals surface area contributed by atoms with Crippen molar-refractivity contribution >= 4 is 29.4 Å². The Balaban J connectivity index is 1.58. The third-order valence-electron chi connectivity index (χ3n) is 4.92. The predicted octanol–water partition coefficient (Wildman–Crippen LogP) is 1.92. The van der Waals surface area contributed by atoms with Crippen molar-refractivity contribution < 1.29 is 23.9 Å². The number of benzene rings is 2. The Morgan fingerprint density at radius 2 is 1.74 bits per heavy atom. The van der Waals surface area contributed by atoms with Crippen molar-refractivity contribution in [1.29, 1.82) is 0 Å². The molecule has 3 rings (SSSR count). The lowest BCUT2D eigenvalue weighted by molar-refractivity contribution is -0.158. The van der Waals surface area contributed by atoms with Gasteiger partial charge in [-0.2, -0.15) is 0 Å². The quantitative estimate of drug-likeness (QED) is 0.687. The van der Waals surface area contributed by atoms with E-state index in [0.717, 1.165) is 12.1 Å². The van der Waals surface area contributed by atoms with Crippen LogP contribution in [0.1, 0.15) is 34.9 Å². The number of esters is 1. The summed E-state index contributed by atoms with van der Waals surface area (Å²) in [5.41, 5.74) is 1.64. The van der Waals surface area contributed by atoms with Crippen molar-refractivity contribution in [2.75, 3.05) is 32.1 Å². The van der Waals surface area contributed by atoms with Crippen molar-refractivity contribution in [2.45, 2.75) is 18.9 Å². The number of nitrogens with zero attached hydrogens (tertiary/aromatic N) is 2. The van der Waals surface area contributed by atoms with Gasteiger partial charge in [-0.1, -0.05) is 30.3 Å². The van der Waals surface area contributed by atoms with E-state index in [4.69, 9.17) is 4.74 Å². The van der Waals surface area contributed by atoms with Crippen molar-refractivity contribution in [3.63, 3.8) is 0 Å². The molecule has 162 valence electrons. The smallest absolute Gasteiger partial charge is 0.326 e. The Bertz CT molecular complexity index is 957. The molecule has 0 radical (unpaired) electrons. The van der Waals surface area contributed by atoms with Crippen molar-refractivity contribution in [3.05, 3.63) is 65.7 Å². The molecule has 1 aliphatic rings. The first-order chi connectivity index (χ1) is 14.9. The minimum absolute atomic E-state index is 0.0696. The van der Waals surface area contributed by atoms with Gasteiger partial charge in [0.1, 0.15) is 6.54 Å². The zero-order valence-corrected chi connectivity index (χ0v) is 17.5. The van der Waals surface area contributed by atoms with Gasteiger partial charge in [-0.15, -0.1) is 0 Å². The highest BCUT2D eigenvalue weighted by atomic mass is 16.5. The second-order valence-electron chi connectivity index (χ2n) is 7.39. The second kappa shape index (κ2) is 9.88. The topological polar surface area (TPSA) is 96.0 Å². The fourth-order valence-corrected chi connectivity index (χ4v) is 3.26. The molecule has 0 aliphatic carbocycles. The Kier molecular flexibility index (Phi) is 7.02. The number of carbonyl (C=O) groups excluding carboxylic acids is 4. The molecular weight excluding hydrogens is 398 g/mol. The molecule has 0 saturated carbocycles. The van der Waals surface area contributed by atoms with Gasteiger partial charge in [0.05, 0.1) is 0 Å². The van der Waals surface area contributed by atoms with E-state index in [1.54, 1.807) is 73.6 Å². The van der Waals surface area contributed by atoms with Gasteiger partial charge in [0, 0.05) is 43.9 Å². The van der Waals surface area contributed by atoms with Gasteiger partial charge in [0.25, 0.3) is 11.8 Å². The maximum absolute atomic E-state index is 12.4. The summed E-state index contributed by atoms with van der Waals surface area (Å²) in [6.45, 7) is 0.291. The van der Waals surface area contributed by atoms with E-state index in [9.17, 15) is 19.2 Å². The molecule has 1 unspecified atom stereocenters. The maximum atomic E-state index is 12.4. The fraction of sp³-hybridized carbons (Fsp3) is 0.304. The van der Waals surface area contributed by atoms with Gasteiger partial charge in [0.2, 0.25) is 12.0 Å². The number of rotatable bonds is 7. The van der Waals surface area contributed by atoms with Crippen LogP contribution in [0.15, 0.2) is 54.6 Å². The largest absolute Gasteiger partial charge is 0.446 e. The lowest BCUT2D eigenvalue weighted by Gasteiger charge is -2.21. The minimum Gasteiger partial charge on any atom is -0.446 e. The number of amides is 3. The Morgan fingerprint density at radius 1 is 1.06 bits per heavy atom. The van der Waals surface area contributed by atoms with Crippen LogP contribution in [-0.4, -0.2) is 55.8 Å². The summed E-state index contributed by atoms with van der Waals surface area (Å²) < 4.78 is 5.36. The average Bonchev–Trinajstić information content (AvgIpc) is 3.21. The van der Waals surface area contributed by atoms with Crippen LogP contribution in [0.3, 0.4) is 0 Å². The molecule has 1 heterocycles. The Morgan fingerprint density at radius 3 is 2.32 bits per heavy atom. The summed E-state index contributed by atoms with van der Waals surface area (Å²) >= 11 is 0. The molecule has 8 nitrogen and oxygen atoms in total. The van der Waals surface area contributed by atoms with E-state index in [2.05, 4.69) is 5.32 Å². The highest BCUT2D eigenvalue weighted by Crippen LogP contribution is 2.22. The van der Waals surface area contributed by atoms with Gasteiger partial charge in [-0.3, -0.25) is 19.2 Å². The monoisotopic (exact) mass is 423 g/mol. The molecule has 1 N–H and O–H groups in total. The zero-order chi connectivity index (χ0) is 22.4. The van der Waals surface area contributed by atoms with Gasteiger partial charge in [-0.25, -0.2) is 0 Å². The first kappa shape index (κ1) is 22.0. The molecule has 1 fully saturated rings. The molecular formula is C23H25N3O5. The molecule has 1 atom stereocenters. The van der Waals surface area contributed by atoms with Crippen LogP contribution in [0.4, 0.5) is 5.69 Å². The van der Waals surface area contributed by atoms with Gasteiger partial charge in [-0.05, 0) is 30.7 Å². The number of hydrogen-bond acceptors (Lipinski definition) is 5. The van der Waals surface area contributed by atoms with E-state index in [0.29, 0.717) is 24.1 Å². The van der Waals surface area contributed by atoms with Crippen molar-refractivity contribution in [2.24, 2.45) is 0 Å². The minimum atomic E-state index is -1.09. The van der Waals surface area contributed by atoms with Crippen LogP contribution in [0.25, 0.3) is 0 Å². The normalized spacial score (nSPS) is 14.1. The van der Waals surface area contributed by atoms with E-state index in [1.807, 2.05) is 0 Å². The summed E-state index contributed by atoms with van der Waals surface area (Å²) in [7, 11) is 3.15. The molecule has 8 heteroatoms. The van der Waals surface area contributed by atoms with Crippen molar-refractivity contribution in [1.82, 2.24) is 10.2 Å². The number of carbonyl (C=O) groups is 4. The highest BCUT2D eigenvalue weighted by Gasteiger charge is 2.26. The summed E-state index contributed by atoms with van der Waals surface area (Å²) in [5.74, 6) is -1.48. The summed E-state index contributed by atoms with van der Waals surface area (Å²) in [5, 5.41) is 2.50. The standard InChI is InChI=1S/C23H25N3O5/c1-25(2)23(30)21(16-7-4-3-5-8-16)31-20(28)15-24-22(29)17-10-12-18(13-11-17)26-14-6-9-19(26)27/h3-5,7-8,10-13,21H,6,9,14-15H2,1-2H3,(H,24,29). The van der Waals surface area contributed by atoms with E-state index >= 15 is 0 Å². The fourth-order valence-electron chi connectivity index (χ4n) is 3.26. The number of ether oxygens (including phenoxy) is 1. The molecule has 1 aliphatic heterocycles. The lowest BCUT2D eigenvalue weighted by atomic mass is 10.1. The number of hydrogen-bond donors (Lipinski definition) is 1. The van der Waals surface area contributed by atoms with Crippen LogP contribution in [0.5, 0.6) is 0 Å². The summed E-state index contributed by atoms with van der Waals surface area (Å²) in [4.78, 5) is 52.0. The molecule has 0 spiro atoms. The van der Waals surface area contributed by atoms with E-state index in [-0.39, 0.29) is 18.4 Å². The van der Waals surface area contributed by atoms with Crippen molar-refractivity contribution in [3.8, 4) is 0 Å². The summed E-state index contributed by atoms with van der Waals surface area (Å²) in [6.07, 6.45) is 0.270. The molecule has 1 saturated heterocycles. The molecule has 31 heavy (non-hydrogen) atoms. The van der Waals surface area contributed by atoms with Crippen LogP contribution >= 0.6 is 0 Å². The number of likely N-dealkylation sites (N-methyl/N-ethyl adjacent to an activating group) is 1. The molecule has 2 aromatic carbocycles. The van der Waals surface area contributed by atoms with Crippen LogP contribution < -0.4 is 10.2 Å². The first-order valence-corrected chi connectivity index (χ1v) is 10.0. The Hall–Kier alpha value is -3.68. The molecule has 0 bridgehead atoms. The van der Waals surface area contributed by atoms with Gasteiger partial charge < -0.3 is 19.9 Å². The molecule has 2 aromatic rings. The summed E-state index contributed by atoms with van der Waals surface area (Å²) in [6, 6.07) is 15.3. The molecule has 0 aromatic heterocycles. The zero-order valence-electron chi connectivity index (χ0n) is 17.5.